The lowest BCUT2D eigenvalue weighted by Crippen LogP contribution is -2.50. The number of amides is 2. The molecular weight excluding hydrogens is 414 g/mol. The van der Waals surface area contributed by atoms with Crippen LogP contribution >= 0.6 is 23.2 Å². The Hall–Kier alpha value is -2.11. The van der Waals surface area contributed by atoms with Crippen molar-refractivity contribution in [1.29, 1.82) is 0 Å². The first-order chi connectivity index (χ1) is 13.7. The molecule has 0 fully saturated rings. The van der Waals surface area contributed by atoms with Crippen molar-refractivity contribution in [2.45, 2.75) is 52.2 Å². The van der Waals surface area contributed by atoms with E-state index in [0.29, 0.717) is 22.0 Å². The minimum Gasteiger partial charge on any atom is -0.352 e. The van der Waals surface area contributed by atoms with Gasteiger partial charge in [0.1, 0.15) is 11.9 Å². The molecule has 0 aliphatic carbocycles. The van der Waals surface area contributed by atoms with E-state index in [2.05, 4.69) is 5.32 Å². The number of rotatable bonds is 8. The summed E-state index contributed by atoms with van der Waals surface area (Å²) in [5.41, 5.74) is 1.44. The van der Waals surface area contributed by atoms with E-state index in [1.54, 1.807) is 35.2 Å². The molecule has 2 aromatic rings. The molecule has 0 radical (unpaired) electrons. The fourth-order valence-electron chi connectivity index (χ4n) is 3.01. The molecule has 1 atom stereocenters. The van der Waals surface area contributed by atoms with Crippen LogP contribution in [0.2, 0.25) is 10.0 Å². The quantitative estimate of drug-likeness (QED) is 0.629. The topological polar surface area (TPSA) is 49.4 Å². The van der Waals surface area contributed by atoms with Gasteiger partial charge in [0.15, 0.2) is 0 Å². The Morgan fingerprint density at radius 2 is 1.66 bits per heavy atom. The molecule has 29 heavy (non-hydrogen) atoms. The van der Waals surface area contributed by atoms with Crippen molar-refractivity contribution in [3.8, 4) is 0 Å². The van der Waals surface area contributed by atoms with Crippen molar-refractivity contribution in [2.75, 3.05) is 0 Å². The van der Waals surface area contributed by atoms with Gasteiger partial charge in [0.2, 0.25) is 11.8 Å². The zero-order valence-corrected chi connectivity index (χ0v) is 18.2. The van der Waals surface area contributed by atoms with Gasteiger partial charge < -0.3 is 10.2 Å². The Labute approximate surface area is 181 Å². The molecule has 0 heterocycles. The number of nitrogens with zero attached hydrogens (tertiary/aromatic N) is 1. The van der Waals surface area contributed by atoms with Crippen LogP contribution in [0.5, 0.6) is 0 Å². The summed E-state index contributed by atoms with van der Waals surface area (Å²) in [6.45, 7) is 5.81. The second-order valence-electron chi connectivity index (χ2n) is 7.16. The second kappa shape index (κ2) is 10.6. The average molecular weight is 439 g/mol. The molecule has 0 spiro atoms. The number of benzene rings is 2. The van der Waals surface area contributed by atoms with Crippen molar-refractivity contribution in [3.63, 3.8) is 0 Å². The Morgan fingerprint density at radius 3 is 2.21 bits per heavy atom. The van der Waals surface area contributed by atoms with Crippen LogP contribution in [0.4, 0.5) is 4.39 Å². The van der Waals surface area contributed by atoms with Gasteiger partial charge >= 0.3 is 0 Å². The predicted octanol–water partition coefficient (Wildman–Crippen LogP) is 5.01. The third-order valence-corrected chi connectivity index (χ3v) is 5.16. The van der Waals surface area contributed by atoms with Crippen LogP contribution < -0.4 is 5.32 Å². The van der Waals surface area contributed by atoms with Gasteiger partial charge in [-0.15, -0.1) is 0 Å². The predicted molar refractivity (Wildman–Crippen MR) is 114 cm³/mol. The van der Waals surface area contributed by atoms with Crippen LogP contribution in [-0.2, 0) is 22.6 Å². The SMILES string of the molecule is CCC(C(=O)NC(C)C)N(Cc1ccc(Cl)c(Cl)c1)C(=O)Cc1ccc(F)cc1. The third kappa shape index (κ3) is 6.72. The molecule has 0 aromatic heterocycles. The molecule has 1 unspecified atom stereocenters. The largest absolute Gasteiger partial charge is 0.352 e. The number of carbonyl (C=O) groups is 2. The molecule has 2 rings (SSSR count). The first-order valence-electron chi connectivity index (χ1n) is 9.49. The van der Waals surface area contributed by atoms with Gasteiger partial charge in [-0.25, -0.2) is 4.39 Å². The van der Waals surface area contributed by atoms with E-state index in [-0.39, 0.29) is 36.6 Å². The monoisotopic (exact) mass is 438 g/mol. The van der Waals surface area contributed by atoms with E-state index >= 15 is 0 Å². The Morgan fingerprint density at radius 1 is 1.03 bits per heavy atom. The molecule has 0 saturated heterocycles. The Bertz CT molecular complexity index is 856. The number of hydrogen-bond acceptors (Lipinski definition) is 2. The maximum absolute atomic E-state index is 13.2. The zero-order chi connectivity index (χ0) is 21.6. The number of hydrogen-bond donors (Lipinski definition) is 1. The lowest BCUT2D eigenvalue weighted by atomic mass is 10.1. The fraction of sp³-hybridized carbons (Fsp3) is 0.364. The Kier molecular flexibility index (Phi) is 8.47. The highest BCUT2D eigenvalue weighted by Gasteiger charge is 2.29. The van der Waals surface area contributed by atoms with Crippen molar-refractivity contribution in [2.24, 2.45) is 0 Å². The molecule has 1 N–H and O–H groups in total. The van der Waals surface area contributed by atoms with Crippen LogP contribution in [0.25, 0.3) is 0 Å². The molecule has 2 aromatic carbocycles. The van der Waals surface area contributed by atoms with Gasteiger partial charge in [-0.05, 0) is 55.7 Å². The second-order valence-corrected chi connectivity index (χ2v) is 7.98. The van der Waals surface area contributed by atoms with Crippen molar-refractivity contribution < 1.29 is 14.0 Å². The lowest BCUT2D eigenvalue weighted by molar-refractivity contribution is -0.141. The molecule has 7 heteroatoms. The first kappa shape index (κ1) is 23.2. The molecule has 0 aliphatic rings. The van der Waals surface area contributed by atoms with Crippen molar-refractivity contribution in [3.05, 3.63) is 69.5 Å². The maximum Gasteiger partial charge on any atom is 0.243 e. The van der Waals surface area contributed by atoms with Gasteiger partial charge in [-0.1, -0.05) is 48.3 Å². The van der Waals surface area contributed by atoms with Crippen LogP contribution in [0.15, 0.2) is 42.5 Å². The highest BCUT2D eigenvalue weighted by Crippen LogP contribution is 2.24. The molecule has 0 saturated carbocycles. The summed E-state index contributed by atoms with van der Waals surface area (Å²) in [7, 11) is 0. The molecule has 0 aliphatic heterocycles. The number of nitrogens with one attached hydrogen (secondary N) is 1. The average Bonchev–Trinajstić information content (AvgIpc) is 2.65. The zero-order valence-electron chi connectivity index (χ0n) is 16.7. The summed E-state index contributed by atoms with van der Waals surface area (Å²) in [5, 5.41) is 3.68. The molecular formula is C22H25Cl2FN2O2. The molecule has 156 valence electrons. The molecule has 2 amide bonds. The van der Waals surface area contributed by atoms with Gasteiger partial charge in [0.05, 0.1) is 16.5 Å². The summed E-state index contributed by atoms with van der Waals surface area (Å²) in [6.07, 6.45) is 0.516. The first-order valence-corrected chi connectivity index (χ1v) is 10.2. The van der Waals surface area contributed by atoms with Crippen molar-refractivity contribution in [1.82, 2.24) is 10.2 Å². The van der Waals surface area contributed by atoms with Crippen LogP contribution in [0, 0.1) is 5.82 Å². The summed E-state index contributed by atoms with van der Waals surface area (Å²) in [4.78, 5) is 27.4. The van der Waals surface area contributed by atoms with E-state index in [4.69, 9.17) is 23.2 Å². The smallest absolute Gasteiger partial charge is 0.243 e. The van der Waals surface area contributed by atoms with Gasteiger partial charge in [-0.2, -0.15) is 0 Å². The molecule has 4 nitrogen and oxygen atoms in total. The number of carbonyl (C=O) groups excluding carboxylic acids is 2. The van der Waals surface area contributed by atoms with Gasteiger partial charge in [0.25, 0.3) is 0 Å². The van der Waals surface area contributed by atoms with Crippen LogP contribution in [-0.4, -0.2) is 28.8 Å². The summed E-state index contributed by atoms with van der Waals surface area (Å²) in [5.74, 6) is -0.805. The highest BCUT2D eigenvalue weighted by molar-refractivity contribution is 6.42. The van der Waals surface area contributed by atoms with E-state index in [1.807, 2.05) is 20.8 Å². The minimum absolute atomic E-state index is 0.0458. The lowest BCUT2D eigenvalue weighted by Gasteiger charge is -2.31. The maximum atomic E-state index is 13.2. The third-order valence-electron chi connectivity index (χ3n) is 4.42. The van der Waals surface area contributed by atoms with Gasteiger partial charge in [-0.3, -0.25) is 9.59 Å². The minimum atomic E-state index is -0.639. The summed E-state index contributed by atoms with van der Waals surface area (Å²) >= 11 is 12.1. The van der Waals surface area contributed by atoms with Crippen molar-refractivity contribution >= 4 is 35.0 Å². The van der Waals surface area contributed by atoms with E-state index in [9.17, 15) is 14.0 Å². The van der Waals surface area contributed by atoms with E-state index < -0.39 is 6.04 Å². The standard InChI is InChI=1S/C22H25Cl2FN2O2/c1-4-20(22(29)26-14(2)3)27(13-16-7-10-18(23)19(24)11-16)21(28)12-15-5-8-17(25)9-6-15/h5-11,14,20H,4,12-13H2,1-3H3,(H,26,29). The normalized spacial score (nSPS) is 12.0. The van der Waals surface area contributed by atoms with E-state index in [1.165, 1.54) is 12.1 Å². The summed E-state index contributed by atoms with van der Waals surface area (Å²) < 4.78 is 13.2. The van der Waals surface area contributed by atoms with Gasteiger partial charge in [0, 0.05) is 12.6 Å². The highest BCUT2D eigenvalue weighted by atomic mass is 35.5. The Balaban J connectivity index is 2.31. The van der Waals surface area contributed by atoms with Crippen LogP contribution in [0.1, 0.15) is 38.3 Å². The number of halogens is 3. The fourth-order valence-corrected chi connectivity index (χ4v) is 3.33. The summed E-state index contributed by atoms with van der Waals surface area (Å²) in [6, 6.07) is 10.2. The molecule has 0 bridgehead atoms. The van der Waals surface area contributed by atoms with Crippen LogP contribution in [0.3, 0.4) is 0 Å². The van der Waals surface area contributed by atoms with E-state index in [0.717, 1.165) is 5.56 Å².